The Bertz CT molecular complexity index is 1590. The predicted molar refractivity (Wildman–Crippen MR) is 135 cm³/mol. The zero-order valence-corrected chi connectivity index (χ0v) is 20.0. The summed E-state index contributed by atoms with van der Waals surface area (Å²) in [6.45, 7) is 0.353. The van der Waals surface area contributed by atoms with Crippen LogP contribution in [0.2, 0.25) is 0 Å². The lowest BCUT2D eigenvalue weighted by Crippen LogP contribution is -2.08. The molecule has 0 aliphatic rings. The average Bonchev–Trinajstić information content (AvgIpc) is 3.35. The van der Waals surface area contributed by atoms with Gasteiger partial charge in [0, 0.05) is 30.2 Å². The van der Waals surface area contributed by atoms with Crippen LogP contribution in [0.15, 0.2) is 54.9 Å². The molecule has 4 N–H and O–H groups in total. The smallest absolute Gasteiger partial charge is 0.182 e. The van der Waals surface area contributed by atoms with Crippen LogP contribution in [0.3, 0.4) is 0 Å². The van der Waals surface area contributed by atoms with Crippen molar-refractivity contribution in [1.29, 1.82) is 0 Å². The van der Waals surface area contributed by atoms with E-state index >= 15 is 0 Å². The monoisotopic (exact) mass is 503 g/mol. The Kier molecular flexibility index (Phi) is 6.50. The Labute approximate surface area is 210 Å². The molecule has 11 heteroatoms. The Morgan fingerprint density at radius 2 is 1.81 bits per heavy atom. The molecule has 9 nitrogen and oxygen atoms in total. The highest BCUT2D eigenvalue weighted by Crippen LogP contribution is 2.31. The van der Waals surface area contributed by atoms with Crippen LogP contribution in [-0.4, -0.2) is 39.4 Å². The standard InChI is InChI=1S/C26H23F2N7O2/c1-36-16-8-7-15(21(10-16)37-2)11-30-24-20(29)13-32-26(33-24)23-22-17(9-14-5-3-4-6-18(14)27)19(28)12-31-25(22)35-34-23/h3-8,10,12-13H,9,11,29H2,1-2H3,(H,30,32,33)(H,31,34,35). The molecule has 0 saturated heterocycles. The van der Waals surface area contributed by atoms with Crippen molar-refractivity contribution in [2.45, 2.75) is 13.0 Å². The normalized spacial score (nSPS) is 11.0. The van der Waals surface area contributed by atoms with Crippen LogP contribution in [0.25, 0.3) is 22.6 Å². The van der Waals surface area contributed by atoms with E-state index < -0.39 is 11.6 Å². The summed E-state index contributed by atoms with van der Waals surface area (Å²) in [4.78, 5) is 13.0. The van der Waals surface area contributed by atoms with Gasteiger partial charge in [-0.05, 0) is 23.8 Å². The van der Waals surface area contributed by atoms with E-state index in [0.29, 0.717) is 46.2 Å². The van der Waals surface area contributed by atoms with Crippen molar-refractivity contribution in [2.75, 3.05) is 25.3 Å². The molecule has 0 radical (unpaired) electrons. The van der Waals surface area contributed by atoms with Gasteiger partial charge < -0.3 is 20.5 Å². The highest BCUT2D eigenvalue weighted by atomic mass is 19.1. The van der Waals surface area contributed by atoms with Crippen molar-refractivity contribution in [3.05, 3.63) is 83.2 Å². The molecule has 3 heterocycles. The van der Waals surface area contributed by atoms with E-state index in [1.54, 1.807) is 38.5 Å². The van der Waals surface area contributed by atoms with Gasteiger partial charge in [-0.1, -0.05) is 18.2 Å². The van der Waals surface area contributed by atoms with Crippen molar-refractivity contribution in [3.63, 3.8) is 0 Å². The van der Waals surface area contributed by atoms with E-state index in [0.717, 1.165) is 11.8 Å². The lowest BCUT2D eigenvalue weighted by Gasteiger charge is -2.13. The lowest BCUT2D eigenvalue weighted by atomic mass is 10.0. The van der Waals surface area contributed by atoms with Gasteiger partial charge in [-0.25, -0.2) is 23.7 Å². The molecule has 37 heavy (non-hydrogen) atoms. The van der Waals surface area contributed by atoms with Crippen molar-refractivity contribution >= 4 is 22.5 Å². The van der Waals surface area contributed by atoms with E-state index in [2.05, 4.69) is 30.5 Å². The zero-order chi connectivity index (χ0) is 25.9. The van der Waals surface area contributed by atoms with E-state index in [1.807, 2.05) is 12.1 Å². The summed E-state index contributed by atoms with van der Waals surface area (Å²) in [6, 6.07) is 11.7. The highest BCUT2D eigenvalue weighted by Gasteiger charge is 2.20. The van der Waals surface area contributed by atoms with Crippen molar-refractivity contribution in [1.82, 2.24) is 25.1 Å². The number of halogens is 2. The highest BCUT2D eigenvalue weighted by molar-refractivity contribution is 5.92. The topological polar surface area (TPSA) is 124 Å². The quantitative estimate of drug-likeness (QED) is 0.283. The van der Waals surface area contributed by atoms with Crippen molar-refractivity contribution in [2.24, 2.45) is 0 Å². The predicted octanol–water partition coefficient (Wildman–Crippen LogP) is 4.50. The fourth-order valence-electron chi connectivity index (χ4n) is 4.02. The molecule has 0 aliphatic carbocycles. The van der Waals surface area contributed by atoms with Crippen LogP contribution in [0.5, 0.6) is 11.5 Å². The Morgan fingerprint density at radius 1 is 0.973 bits per heavy atom. The molecule has 0 atom stereocenters. The van der Waals surface area contributed by atoms with Gasteiger partial charge in [-0.3, -0.25) is 5.10 Å². The summed E-state index contributed by atoms with van der Waals surface area (Å²) in [7, 11) is 3.16. The molecule has 3 aromatic heterocycles. The maximum absolute atomic E-state index is 15.0. The first-order chi connectivity index (χ1) is 18.0. The third kappa shape index (κ3) is 4.70. The van der Waals surface area contributed by atoms with Gasteiger partial charge in [0.2, 0.25) is 0 Å². The number of fused-ring (bicyclic) bond motifs is 1. The first-order valence-electron chi connectivity index (χ1n) is 11.3. The van der Waals surface area contributed by atoms with E-state index in [4.69, 9.17) is 15.2 Å². The molecule has 0 spiro atoms. The molecular weight excluding hydrogens is 480 g/mol. The van der Waals surface area contributed by atoms with Crippen molar-refractivity contribution < 1.29 is 18.3 Å². The van der Waals surface area contributed by atoms with Crippen molar-refractivity contribution in [3.8, 4) is 23.0 Å². The molecule has 0 fully saturated rings. The van der Waals surface area contributed by atoms with Gasteiger partial charge in [-0.2, -0.15) is 5.10 Å². The fraction of sp³-hybridized carbons (Fsp3) is 0.154. The van der Waals surface area contributed by atoms with Gasteiger partial charge in [-0.15, -0.1) is 0 Å². The Morgan fingerprint density at radius 3 is 2.59 bits per heavy atom. The number of nitrogen functional groups attached to an aromatic ring is 1. The summed E-state index contributed by atoms with van der Waals surface area (Å²) < 4.78 is 40.0. The van der Waals surface area contributed by atoms with E-state index in [9.17, 15) is 8.78 Å². The molecule has 0 saturated carbocycles. The van der Waals surface area contributed by atoms with Gasteiger partial charge >= 0.3 is 0 Å². The van der Waals surface area contributed by atoms with E-state index in [1.165, 1.54) is 12.3 Å². The summed E-state index contributed by atoms with van der Waals surface area (Å²) in [5.74, 6) is 0.884. The maximum Gasteiger partial charge on any atom is 0.182 e. The molecule has 2 aromatic carbocycles. The minimum absolute atomic E-state index is 0.00139. The number of hydrogen-bond acceptors (Lipinski definition) is 8. The largest absolute Gasteiger partial charge is 0.497 e. The number of aromatic amines is 1. The number of benzene rings is 2. The summed E-state index contributed by atoms with van der Waals surface area (Å²) in [5, 5.41) is 10.6. The van der Waals surface area contributed by atoms with Crippen LogP contribution in [0, 0.1) is 11.6 Å². The first kappa shape index (κ1) is 23.9. The number of methoxy groups -OCH3 is 2. The second-order valence-electron chi connectivity index (χ2n) is 8.18. The Hall–Kier alpha value is -4.80. The molecule has 0 amide bonds. The van der Waals surface area contributed by atoms with Crippen LogP contribution in [-0.2, 0) is 13.0 Å². The maximum atomic E-state index is 15.0. The first-order valence-corrected chi connectivity index (χ1v) is 11.3. The summed E-state index contributed by atoms with van der Waals surface area (Å²) in [6.07, 6.45) is 2.52. The number of ether oxygens (including phenoxy) is 2. The summed E-state index contributed by atoms with van der Waals surface area (Å²) in [5.41, 5.74) is 8.49. The van der Waals surface area contributed by atoms with Crippen LogP contribution < -0.4 is 20.5 Å². The molecule has 0 unspecified atom stereocenters. The number of nitrogens with one attached hydrogen (secondary N) is 2. The number of aromatic nitrogens is 5. The Balaban J connectivity index is 1.51. The number of nitrogens with zero attached hydrogens (tertiary/aromatic N) is 4. The van der Waals surface area contributed by atoms with Gasteiger partial charge in [0.25, 0.3) is 0 Å². The zero-order valence-electron chi connectivity index (χ0n) is 20.0. The molecule has 0 aliphatic heterocycles. The average molecular weight is 504 g/mol. The molecule has 0 bridgehead atoms. The van der Waals surface area contributed by atoms with Gasteiger partial charge in [0.1, 0.15) is 28.8 Å². The van der Waals surface area contributed by atoms with Crippen LogP contribution >= 0.6 is 0 Å². The number of anilines is 2. The van der Waals surface area contributed by atoms with E-state index in [-0.39, 0.29) is 23.5 Å². The number of H-pyrrole nitrogens is 1. The number of pyridine rings is 1. The second kappa shape index (κ2) is 10.1. The minimum atomic E-state index is -0.584. The molecular formula is C26H23F2N7O2. The van der Waals surface area contributed by atoms with Crippen LogP contribution in [0.1, 0.15) is 16.7 Å². The third-order valence-corrected chi connectivity index (χ3v) is 5.94. The SMILES string of the molecule is COc1ccc(CNc2nc(-c3[nH]nc4ncc(F)c(Cc5ccccc5F)c34)ncc2N)c(OC)c1. The third-order valence-electron chi connectivity index (χ3n) is 5.94. The molecule has 188 valence electrons. The number of hydrogen-bond donors (Lipinski definition) is 3. The molecule has 5 rings (SSSR count). The number of nitrogens with two attached hydrogens (primary N) is 1. The lowest BCUT2D eigenvalue weighted by molar-refractivity contribution is 0.391. The fourth-order valence-corrected chi connectivity index (χ4v) is 4.02. The van der Waals surface area contributed by atoms with Gasteiger partial charge in [0.15, 0.2) is 17.3 Å². The summed E-state index contributed by atoms with van der Waals surface area (Å²) >= 11 is 0. The van der Waals surface area contributed by atoms with Gasteiger partial charge in [0.05, 0.1) is 37.7 Å². The molecule has 5 aromatic rings. The minimum Gasteiger partial charge on any atom is -0.497 e. The van der Waals surface area contributed by atoms with Crippen LogP contribution in [0.4, 0.5) is 20.3 Å². The second-order valence-corrected chi connectivity index (χ2v) is 8.18. The number of rotatable bonds is 8.